The zero-order chi connectivity index (χ0) is 16.3. The first-order valence-corrected chi connectivity index (χ1v) is 8.52. The zero-order valence-corrected chi connectivity index (χ0v) is 14.3. The first-order chi connectivity index (χ1) is 11.1. The van der Waals surface area contributed by atoms with Crippen LogP contribution in [0.2, 0.25) is 5.02 Å². The van der Waals surface area contributed by atoms with Crippen molar-refractivity contribution in [3.05, 3.63) is 29.3 Å². The molecule has 126 valence electrons. The first kappa shape index (κ1) is 16.6. The fourth-order valence-electron chi connectivity index (χ4n) is 3.56. The second kappa shape index (κ2) is 7.07. The molecule has 5 nitrogen and oxygen atoms in total. The van der Waals surface area contributed by atoms with Crippen LogP contribution in [0.3, 0.4) is 0 Å². The van der Waals surface area contributed by atoms with E-state index < -0.39 is 0 Å². The van der Waals surface area contributed by atoms with Crippen molar-refractivity contribution in [2.24, 2.45) is 5.41 Å². The van der Waals surface area contributed by atoms with Crippen LogP contribution in [0.4, 0.5) is 5.69 Å². The second-order valence-corrected chi connectivity index (χ2v) is 6.84. The van der Waals surface area contributed by atoms with Crippen molar-refractivity contribution in [1.29, 1.82) is 0 Å². The molecule has 0 aromatic heterocycles. The van der Waals surface area contributed by atoms with E-state index in [1.807, 2.05) is 23.1 Å². The predicted molar refractivity (Wildman–Crippen MR) is 92.0 cm³/mol. The molecule has 1 aromatic rings. The van der Waals surface area contributed by atoms with Gasteiger partial charge in [-0.25, -0.2) is 0 Å². The van der Waals surface area contributed by atoms with Crippen molar-refractivity contribution in [2.45, 2.75) is 6.42 Å². The molecule has 0 spiro atoms. The lowest BCUT2D eigenvalue weighted by Crippen LogP contribution is -2.55. The number of hydrogen-bond donors (Lipinski definition) is 1. The molecule has 6 heteroatoms. The number of carbonyl (C=O) groups is 1. The van der Waals surface area contributed by atoms with Crippen LogP contribution in [0.25, 0.3) is 0 Å². The van der Waals surface area contributed by atoms with E-state index in [9.17, 15) is 4.79 Å². The van der Waals surface area contributed by atoms with Gasteiger partial charge < -0.3 is 19.9 Å². The van der Waals surface area contributed by atoms with Crippen LogP contribution < -0.4 is 10.2 Å². The highest BCUT2D eigenvalue weighted by Gasteiger charge is 2.44. The normalized spacial score (nSPS) is 25.0. The molecule has 1 amide bonds. The molecule has 1 atom stereocenters. The molecule has 0 aliphatic carbocycles. The second-order valence-electron chi connectivity index (χ2n) is 6.40. The number of benzene rings is 1. The third-order valence-electron chi connectivity index (χ3n) is 4.86. The molecule has 3 rings (SSSR count). The van der Waals surface area contributed by atoms with Crippen LogP contribution >= 0.6 is 11.6 Å². The summed E-state index contributed by atoms with van der Waals surface area (Å²) in [4.78, 5) is 17.3. The third-order valence-corrected chi connectivity index (χ3v) is 5.09. The summed E-state index contributed by atoms with van der Waals surface area (Å²) in [5.41, 5.74) is 0.742. The lowest BCUT2D eigenvalue weighted by Gasteiger charge is -2.40. The molecule has 0 saturated carbocycles. The number of anilines is 1. The van der Waals surface area contributed by atoms with Crippen LogP contribution in [-0.2, 0) is 9.53 Å². The highest BCUT2D eigenvalue weighted by molar-refractivity contribution is 6.30. The summed E-state index contributed by atoms with van der Waals surface area (Å²) >= 11 is 6.07. The molecule has 1 N–H and O–H groups in total. The minimum Gasteiger partial charge on any atom is -0.384 e. The largest absolute Gasteiger partial charge is 0.384 e. The Hall–Kier alpha value is -1.30. The first-order valence-electron chi connectivity index (χ1n) is 8.14. The Morgan fingerprint density at radius 2 is 2.13 bits per heavy atom. The molecular weight excluding hydrogens is 314 g/mol. The number of ether oxygens (including phenoxy) is 1. The maximum absolute atomic E-state index is 13.0. The number of halogens is 1. The standard InChI is InChI=1S/C17H24ClN3O2/c1-23-13-17(5-6-19-12-17)16(22)21-9-7-20(8-10-21)15-4-2-3-14(18)11-15/h2-4,11,19H,5-10,12-13H2,1H3. The molecule has 2 fully saturated rings. The lowest BCUT2D eigenvalue weighted by molar-refractivity contribution is -0.144. The summed E-state index contributed by atoms with van der Waals surface area (Å²) in [6.45, 7) is 5.26. The fraction of sp³-hybridized carbons (Fsp3) is 0.588. The van der Waals surface area contributed by atoms with Gasteiger partial charge in [-0.1, -0.05) is 17.7 Å². The third kappa shape index (κ3) is 3.47. The number of nitrogens with one attached hydrogen (secondary N) is 1. The summed E-state index contributed by atoms with van der Waals surface area (Å²) in [6.07, 6.45) is 0.855. The Bertz CT molecular complexity index is 553. The van der Waals surface area contributed by atoms with E-state index in [1.165, 1.54) is 0 Å². The molecule has 2 heterocycles. The summed E-state index contributed by atoms with van der Waals surface area (Å²) < 4.78 is 5.33. The van der Waals surface area contributed by atoms with E-state index in [0.29, 0.717) is 13.2 Å². The summed E-state index contributed by atoms with van der Waals surface area (Å²) in [7, 11) is 1.67. The van der Waals surface area contributed by atoms with Gasteiger partial charge in [0.1, 0.15) is 0 Å². The molecular formula is C17H24ClN3O2. The van der Waals surface area contributed by atoms with E-state index in [4.69, 9.17) is 16.3 Å². The van der Waals surface area contributed by atoms with Gasteiger partial charge in [0.2, 0.25) is 5.91 Å². The van der Waals surface area contributed by atoms with Crippen LogP contribution in [-0.4, -0.2) is 63.8 Å². The van der Waals surface area contributed by atoms with Crippen molar-refractivity contribution in [3.63, 3.8) is 0 Å². The average molecular weight is 338 g/mol. The number of amides is 1. The van der Waals surface area contributed by atoms with Crippen LogP contribution in [0.15, 0.2) is 24.3 Å². The molecule has 1 aromatic carbocycles. The quantitative estimate of drug-likeness (QED) is 0.906. The minimum absolute atomic E-state index is 0.232. The van der Waals surface area contributed by atoms with Gasteiger partial charge in [0.25, 0.3) is 0 Å². The Morgan fingerprint density at radius 1 is 1.35 bits per heavy atom. The highest BCUT2D eigenvalue weighted by atomic mass is 35.5. The van der Waals surface area contributed by atoms with Gasteiger partial charge in [0.15, 0.2) is 0 Å². The van der Waals surface area contributed by atoms with E-state index in [1.54, 1.807) is 7.11 Å². The maximum Gasteiger partial charge on any atom is 0.232 e. The molecule has 0 bridgehead atoms. The smallest absolute Gasteiger partial charge is 0.232 e. The fourth-order valence-corrected chi connectivity index (χ4v) is 3.75. The molecule has 2 aliphatic rings. The topological polar surface area (TPSA) is 44.8 Å². The van der Waals surface area contributed by atoms with Gasteiger partial charge in [-0.2, -0.15) is 0 Å². The van der Waals surface area contributed by atoms with Gasteiger partial charge in [-0.05, 0) is 31.2 Å². The molecule has 23 heavy (non-hydrogen) atoms. The molecule has 0 radical (unpaired) electrons. The number of carbonyl (C=O) groups excluding carboxylic acids is 1. The number of rotatable bonds is 4. The Labute approximate surface area is 142 Å². The summed E-state index contributed by atoms with van der Waals surface area (Å²) in [5.74, 6) is 0.232. The van der Waals surface area contributed by atoms with Crippen LogP contribution in [0.1, 0.15) is 6.42 Å². The van der Waals surface area contributed by atoms with Crippen molar-refractivity contribution < 1.29 is 9.53 Å². The predicted octanol–water partition coefficient (Wildman–Crippen LogP) is 1.61. The van der Waals surface area contributed by atoms with Gasteiger partial charge >= 0.3 is 0 Å². The van der Waals surface area contributed by atoms with Crippen molar-refractivity contribution in [3.8, 4) is 0 Å². The molecule has 2 saturated heterocycles. The van der Waals surface area contributed by atoms with E-state index >= 15 is 0 Å². The number of piperazine rings is 1. The minimum atomic E-state index is -0.382. The van der Waals surface area contributed by atoms with Gasteiger partial charge in [0.05, 0.1) is 12.0 Å². The number of hydrogen-bond acceptors (Lipinski definition) is 4. The maximum atomic E-state index is 13.0. The van der Waals surface area contributed by atoms with Crippen LogP contribution in [0, 0.1) is 5.41 Å². The van der Waals surface area contributed by atoms with E-state index in [2.05, 4.69) is 16.3 Å². The molecule has 1 unspecified atom stereocenters. The van der Waals surface area contributed by atoms with Crippen molar-refractivity contribution in [2.75, 3.05) is 57.9 Å². The van der Waals surface area contributed by atoms with Gasteiger partial charge in [-0.15, -0.1) is 0 Å². The van der Waals surface area contributed by atoms with Crippen molar-refractivity contribution in [1.82, 2.24) is 10.2 Å². The summed E-state index contributed by atoms with van der Waals surface area (Å²) in [5, 5.41) is 4.05. The average Bonchev–Trinajstić information content (AvgIpc) is 3.04. The van der Waals surface area contributed by atoms with Crippen molar-refractivity contribution >= 4 is 23.2 Å². The Balaban J connectivity index is 1.63. The highest BCUT2D eigenvalue weighted by Crippen LogP contribution is 2.29. The van der Waals surface area contributed by atoms with Gasteiger partial charge in [0, 0.05) is 50.5 Å². The number of nitrogens with zero attached hydrogens (tertiary/aromatic N) is 2. The SMILES string of the molecule is COCC1(C(=O)N2CCN(c3cccc(Cl)c3)CC2)CCNC1. The monoisotopic (exact) mass is 337 g/mol. The summed E-state index contributed by atoms with van der Waals surface area (Å²) in [6, 6.07) is 7.89. The van der Waals surface area contributed by atoms with E-state index in [-0.39, 0.29) is 11.3 Å². The van der Waals surface area contributed by atoms with Crippen LogP contribution in [0.5, 0.6) is 0 Å². The number of methoxy groups -OCH3 is 1. The Kier molecular flexibility index (Phi) is 5.09. The molecule has 2 aliphatic heterocycles. The van der Waals surface area contributed by atoms with E-state index in [0.717, 1.165) is 49.9 Å². The van der Waals surface area contributed by atoms with Gasteiger partial charge in [-0.3, -0.25) is 4.79 Å². The zero-order valence-electron chi connectivity index (χ0n) is 13.6. The lowest BCUT2D eigenvalue weighted by atomic mass is 9.86. The Morgan fingerprint density at radius 3 is 2.74 bits per heavy atom.